The monoisotopic (exact) mass is 363 g/mol. The molecule has 0 fully saturated rings. The van der Waals surface area contributed by atoms with Crippen LogP contribution in [0, 0.1) is 13.8 Å². The van der Waals surface area contributed by atoms with E-state index in [1.807, 2.05) is 6.07 Å². The van der Waals surface area contributed by atoms with Crippen molar-refractivity contribution in [3.8, 4) is 0 Å². The van der Waals surface area contributed by atoms with Gasteiger partial charge in [-0.05, 0) is 31.4 Å². The number of nitrogens with zero attached hydrogens (tertiary/aromatic N) is 3. The third-order valence-electron chi connectivity index (χ3n) is 5.05. The molecule has 0 saturated heterocycles. The van der Waals surface area contributed by atoms with Gasteiger partial charge < -0.3 is 13.9 Å². The normalized spacial score (nSPS) is 14.5. The summed E-state index contributed by atoms with van der Waals surface area (Å²) in [5.41, 5.74) is 3.93. The zero-order valence-corrected chi connectivity index (χ0v) is 15.7. The van der Waals surface area contributed by atoms with Crippen molar-refractivity contribution in [3.05, 3.63) is 69.5 Å². The van der Waals surface area contributed by atoms with Gasteiger partial charge in [0.05, 0.1) is 5.56 Å². The second-order valence-electron chi connectivity index (χ2n) is 6.97. The summed E-state index contributed by atoms with van der Waals surface area (Å²) < 4.78 is 6.92. The quantitative estimate of drug-likeness (QED) is 0.702. The standard InChI is InChI=1S/C21H21N3O3/c1-13-5-4-6-16(11-13)15-7-9-24(10-8-15)21(26)17-14(2)27-19-18(17)20(25)23(3)12-22-19/h4-7,11-12H,8-10H2,1-3H3. The highest BCUT2D eigenvalue weighted by Gasteiger charge is 2.27. The molecule has 0 N–H and O–H groups in total. The van der Waals surface area contributed by atoms with E-state index < -0.39 is 0 Å². The summed E-state index contributed by atoms with van der Waals surface area (Å²) in [4.78, 5) is 31.5. The van der Waals surface area contributed by atoms with E-state index in [1.165, 1.54) is 27.6 Å². The lowest BCUT2D eigenvalue weighted by molar-refractivity contribution is 0.0772. The minimum absolute atomic E-state index is 0.184. The van der Waals surface area contributed by atoms with Gasteiger partial charge in [-0.15, -0.1) is 0 Å². The largest absolute Gasteiger partial charge is 0.442 e. The van der Waals surface area contributed by atoms with E-state index in [0.717, 1.165) is 6.42 Å². The average molecular weight is 363 g/mol. The van der Waals surface area contributed by atoms with Crippen LogP contribution in [0.15, 0.2) is 45.9 Å². The molecule has 0 unspecified atom stereocenters. The molecule has 1 aromatic carbocycles. The SMILES string of the molecule is Cc1cccc(C2=CCN(C(=O)c3c(C)oc4ncn(C)c(=O)c34)CC2)c1. The molecule has 1 aliphatic rings. The van der Waals surface area contributed by atoms with Gasteiger partial charge in [-0.1, -0.05) is 35.9 Å². The third kappa shape index (κ3) is 2.97. The first-order valence-corrected chi connectivity index (χ1v) is 8.96. The van der Waals surface area contributed by atoms with E-state index in [4.69, 9.17) is 4.42 Å². The Hall–Kier alpha value is -3.15. The molecule has 0 spiro atoms. The maximum Gasteiger partial charge on any atom is 0.265 e. The van der Waals surface area contributed by atoms with Crippen LogP contribution in [0.2, 0.25) is 0 Å². The molecular weight excluding hydrogens is 342 g/mol. The van der Waals surface area contributed by atoms with Gasteiger partial charge in [-0.2, -0.15) is 0 Å². The predicted octanol–water partition coefficient (Wildman–Crippen LogP) is 3.07. The predicted molar refractivity (Wildman–Crippen MR) is 104 cm³/mol. The second-order valence-corrected chi connectivity index (χ2v) is 6.97. The van der Waals surface area contributed by atoms with Crippen LogP contribution in [-0.4, -0.2) is 33.4 Å². The summed E-state index contributed by atoms with van der Waals surface area (Å²) in [6.07, 6.45) is 4.27. The number of benzene rings is 1. The molecule has 1 aliphatic heterocycles. The Morgan fingerprint density at radius 2 is 2.07 bits per heavy atom. The number of aromatic nitrogens is 2. The Morgan fingerprint density at radius 1 is 1.26 bits per heavy atom. The van der Waals surface area contributed by atoms with Crippen molar-refractivity contribution in [2.24, 2.45) is 7.05 Å². The molecule has 3 aromatic rings. The first-order chi connectivity index (χ1) is 13.0. The molecular formula is C21H21N3O3. The van der Waals surface area contributed by atoms with Crippen LogP contribution in [-0.2, 0) is 7.05 Å². The van der Waals surface area contributed by atoms with Crippen LogP contribution in [0.3, 0.4) is 0 Å². The zero-order valence-electron chi connectivity index (χ0n) is 15.7. The first kappa shape index (κ1) is 17.3. The smallest absolute Gasteiger partial charge is 0.265 e. The number of fused-ring (bicyclic) bond motifs is 1. The Labute approximate surface area is 156 Å². The van der Waals surface area contributed by atoms with Crippen LogP contribution >= 0.6 is 0 Å². The number of hydrogen-bond acceptors (Lipinski definition) is 4. The third-order valence-corrected chi connectivity index (χ3v) is 5.05. The highest BCUT2D eigenvalue weighted by molar-refractivity contribution is 6.06. The maximum absolute atomic E-state index is 13.1. The highest BCUT2D eigenvalue weighted by atomic mass is 16.3. The van der Waals surface area contributed by atoms with Crippen LogP contribution in [0.25, 0.3) is 16.7 Å². The number of carbonyl (C=O) groups excluding carboxylic acids is 1. The molecule has 6 heteroatoms. The van der Waals surface area contributed by atoms with E-state index in [1.54, 1.807) is 18.9 Å². The topological polar surface area (TPSA) is 68.3 Å². The Balaban J connectivity index is 1.66. The molecule has 3 heterocycles. The van der Waals surface area contributed by atoms with Crippen molar-refractivity contribution in [1.29, 1.82) is 0 Å². The number of aryl methyl sites for hydroxylation is 3. The van der Waals surface area contributed by atoms with Gasteiger partial charge in [0.25, 0.3) is 11.5 Å². The van der Waals surface area contributed by atoms with Crippen molar-refractivity contribution >= 4 is 22.6 Å². The Morgan fingerprint density at radius 3 is 2.78 bits per heavy atom. The molecule has 6 nitrogen and oxygen atoms in total. The lowest BCUT2D eigenvalue weighted by atomic mass is 9.97. The summed E-state index contributed by atoms with van der Waals surface area (Å²) in [6, 6.07) is 8.38. The minimum Gasteiger partial charge on any atom is -0.442 e. The maximum atomic E-state index is 13.1. The Bertz CT molecular complexity index is 1140. The van der Waals surface area contributed by atoms with Crippen molar-refractivity contribution in [2.75, 3.05) is 13.1 Å². The lowest BCUT2D eigenvalue weighted by Crippen LogP contribution is -2.35. The summed E-state index contributed by atoms with van der Waals surface area (Å²) in [7, 11) is 1.61. The van der Waals surface area contributed by atoms with Crippen LogP contribution in [0.5, 0.6) is 0 Å². The molecule has 27 heavy (non-hydrogen) atoms. The van der Waals surface area contributed by atoms with Gasteiger partial charge in [0.1, 0.15) is 17.5 Å². The van der Waals surface area contributed by atoms with Crippen molar-refractivity contribution < 1.29 is 9.21 Å². The minimum atomic E-state index is -0.270. The van der Waals surface area contributed by atoms with Crippen molar-refractivity contribution in [2.45, 2.75) is 20.3 Å². The summed E-state index contributed by atoms with van der Waals surface area (Å²) >= 11 is 0. The van der Waals surface area contributed by atoms with E-state index in [9.17, 15) is 9.59 Å². The molecule has 0 bridgehead atoms. The fourth-order valence-electron chi connectivity index (χ4n) is 3.56. The molecule has 0 saturated carbocycles. The number of rotatable bonds is 2. The molecule has 0 atom stereocenters. The number of amides is 1. The van der Waals surface area contributed by atoms with Crippen LogP contribution < -0.4 is 5.56 Å². The zero-order chi connectivity index (χ0) is 19.1. The Kier molecular flexibility index (Phi) is 4.18. The summed E-state index contributed by atoms with van der Waals surface area (Å²) in [5, 5.41) is 0.260. The molecule has 4 rings (SSSR count). The van der Waals surface area contributed by atoms with Gasteiger partial charge in [0.15, 0.2) is 0 Å². The average Bonchev–Trinajstić information content (AvgIpc) is 3.01. The van der Waals surface area contributed by atoms with Crippen molar-refractivity contribution in [1.82, 2.24) is 14.5 Å². The fraction of sp³-hybridized carbons (Fsp3) is 0.286. The van der Waals surface area contributed by atoms with E-state index in [0.29, 0.717) is 24.4 Å². The van der Waals surface area contributed by atoms with Crippen molar-refractivity contribution in [3.63, 3.8) is 0 Å². The van der Waals surface area contributed by atoms with E-state index in [2.05, 4.69) is 36.2 Å². The summed E-state index contributed by atoms with van der Waals surface area (Å²) in [5.74, 6) is 0.246. The highest BCUT2D eigenvalue weighted by Crippen LogP contribution is 2.27. The number of furan rings is 1. The number of hydrogen-bond donors (Lipinski definition) is 0. The first-order valence-electron chi connectivity index (χ1n) is 8.96. The van der Waals surface area contributed by atoms with Gasteiger partial charge in [-0.3, -0.25) is 9.59 Å². The molecule has 1 amide bonds. The van der Waals surface area contributed by atoms with Gasteiger partial charge in [0, 0.05) is 20.1 Å². The summed E-state index contributed by atoms with van der Waals surface area (Å²) in [6.45, 7) is 4.89. The van der Waals surface area contributed by atoms with E-state index >= 15 is 0 Å². The number of carbonyl (C=O) groups is 1. The molecule has 0 radical (unpaired) electrons. The van der Waals surface area contributed by atoms with Gasteiger partial charge >= 0.3 is 0 Å². The second kappa shape index (κ2) is 6.54. The molecule has 138 valence electrons. The fourth-order valence-corrected chi connectivity index (χ4v) is 3.56. The molecule has 2 aromatic heterocycles. The molecule has 0 aliphatic carbocycles. The lowest BCUT2D eigenvalue weighted by Gasteiger charge is -2.26. The van der Waals surface area contributed by atoms with Gasteiger partial charge in [0.2, 0.25) is 5.71 Å². The van der Waals surface area contributed by atoms with Gasteiger partial charge in [-0.25, -0.2) is 4.98 Å². The van der Waals surface area contributed by atoms with E-state index in [-0.39, 0.29) is 22.6 Å². The van der Waals surface area contributed by atoms with Crippen LogP contribution in [0.1, 0.15) is 33.7 Å². The van der Waals surface area contributed by atoms with Crippen LogP contribution in [0.4, 0.5) is 0 Å².